The summed E-state index contributed by atoms with van der Waals surface area (Å²) in [4.78, 5) is 4.44. The third kappa shape index (κ3) is 3.89. The van der Waals surface area contributed by atoms with Gasteiger partial charge in [-0.15, -0.1) is 0 Å². The molecule has 1 aromatic heterocycles. The van der Waals surface area contributed by atoms with E-state index in [0.717, 1.165) is 11.1 Å². The van der Waals surface area contributed by atoms with Crippen LogP contribution in [0.15, 0.2) is 16.7 Å². The van der Waals surface area contributed by atoms with Gasteiger partial charge in [0.05, 0.1) is 11.3 Å². The van der Waals surface area contributed by atoms with E-state index in [1.807, 2.05) is 12.3 Å². The lowest BCUT2D eigenvalue weighted by Crippen LogP contribution is -2.17. The average Bonchev–Trinajstić information content (AvgIpc) is 2.84. The van der Waals surface area contributed by atoms with Gasteiger partial charge in [0.1, 0.15) is 5.75 Å². The highest BCUT2D eigenvalue weighted by molar-refractivity contribution is 7.97. The molecule has 23 heavy (non-hydrogen) atoms. The first-order chi connectivity index (χ1) is 10.5. The second-order valence-electron chi connectivity index (χ2n) is 7.87. The van der Waals surface area contributed by atoms with Gasteiger partial charge in [0, 0.05) is 0 Å². The Bertz CT molecular complexity index is 694. The van der Waals surface area contributed by atoms with Crippen LogP contribution in [-0.4, -0.2) is 21.5 Å². The van der Waals surface area contributed by atoms with Gasteiger partial charge < -0.3 is 9.63 Å². The molecule has 0 atom stereocenters. The quantitative estimate of drug-likeness (QED) is 0.865. The Morgan fingerprint density at radius 1 is 1.09 bits per heavy atom. The van der Waals surface area contributed by atoms with Crippen molar-refractivity contribution in [3.8, 4) is 17.2 Å². The maximum atomic E-state index is 10.7. The van der Waals surface area contributed by atoms with Crippen molar-refractivity contribution in [2.45, 2.75) is 58.1 Å². The summed E-state index contributed by atoms with van der Waals surface area (Å²) in [5, 5.41) is 14.7. The summed E-state index contributed by atoms with van der Waals surface area (Å²) < 4.78 is 5.41. The molecule has 2 aromatic rings. The monoisotopic (exact) mass is 334 g/mol. The minimum atomic E-state index is -0.151. The van der Waals surface area contributed by atoms with E-state index in [2.05, 4.69) is 57.7 Å². The van der Waals surface area contributed by atoms with E-state index in [4.69, 9.17) is 4.52 Å². The predicted octanol–water partition coefficient (Wildman–Crippen LogP) is 4.90. The molecule has 0 aliphatic heterocycles. The van der Waals surface area contributed by atoms with Crippen molar-refractivity contribution in [2.24, 2.45) is 0 Å². The highest BCUT2D eigenvalue weighted by Crippen LogP contribution is 2.41. The van der Waals surface area contributed by atoms with E-state index < -0.39 is 0 Å². The van der Waals surface area contributed by atoms with Gasteiger partial charge in [-0.05, 0) is 34.3 Å². The number of benzene rings is 1. The van der Waals surface area contributed by atoms with E-state index >= 15 is 0 Å². The Hall–Kier alpha value is -1.49. The molecule has 0 radical (unpaired) electrons. The fraction of sp³-hybridized carbons (Fsp3) is 0.556. The van der Waals surface area contributed by atoms with Crippen LogP contribution < -0.4 is 0 Å². The van der Waals surface area contributed by atoms with Crippen LogP contribution in [0.3, 0.4) is 0 Å². The molecule has 0 amide bonds. The molecule has 126 valence electrons. The standard InChI is InChI=1S/C18H26N2O2S/c1-17(2,3)11-8-12(18(4,5)6)15(13(21)9-11)16-19-14(10-23-7)20-22-16/h8-9,21H,10H2,1-7H3. The van der Waals surface area contributed by atoms with Crippen molar-refractivity contribution >= 4 is 11.8 Å². The van der Waals surface area contributed by atoms with Crippen LogP contribution in [0, 0.1) is 0 Å². The molecule has 0 saturated carbocycles. The summed E-state index contributed by atoms with van der Waals surface area (Å²) in [6.45, 7) is 12.8. The average molecular weight is 334 g/mol. The lowest BCUT2D eigenvalue weighted by atomic mass is 9.78. The summed E-state index contributed by atoms with van der Waals surface area (Å²) in [6.07, 6.45) is 1.99. The van der Waals surface area contributed by atoms with Gasteiger partial charge in [0.25, 0.3) is 5.89 Å². The molecule has 1 aromatic carbocycles. The topological polar surface area (TPSA) is 59.2 Å². The third-order valence-corrected chi connectivity index (χ3v) is 4.29. The lowest BCUT2D eigenvalue weighted by Gasteiger charge is -2.27. The van der Waals surface area contributed by atoms with Crippen LogP contribution in [0.4, 0.5) is 0 Å². The molecule has 5 heteroatoms. The summed E-state index contributed by atoms with van der Waals surface area (Å²) in [6, 6.07) is 3.95. The predicted molar refractivity (Wildman–Crippen MR) is 96.0 cm³/mol. The van der Waals surface area contributed by atoms with Crippen LogP contribution >= 0.6 is 11.8 Å². The van der Waals surface area contributed by atoms with Gasteiger partial charge in [-0.2, -0.15) is 16.7 Å². The van der Waals surface area contributed by atoms with Gasteiger partial charge in [-0.3, -0.25) is 0 Å². The van der Waals surface area contributed by atoms with E-state index in [9.17, 15) is 5.11 Å². The fourth-order valence-electron chi connectivity index (χ4n) is 2.42. The highest BCUT2D eigenvalue weighted by Gasteiger charge is 2.28. The van der Waals surface area contributed by atoms with Crippen molar-refractivity contribution < 1.29 is 9.63 Å². The van der Waals surface area contributed by atoms with E-state index in [1.165, 1.54) is 0 Å². The van der Waals surface area contributed by atoms with Crippen molar-refractivity contribution in [3.05, 3.63) is 29.1 Å². The smallest absolute Gasteiger partial charge is 0.262 e. The zero-order valence-corrected chi connectivity index (χ0v) is 15.8. The summed E-state index contributed by atoms with van der Waals surface area (Å²) in [7, 11) is 0. The van der Waals surface area contributed by atoms with Gasteiger partial charge in [-0.25, -0.2) is 0 Å². The Kier molecular flexibility index (Phi) is 4.81. The van der Waals surface area contributed by atoms with Crippen molar-refractivity contribution in [1.82, 2.24) is 10.1 Å². The molecule has 0 aliphatic carbocycles. The van der Waals surface area contributed by atoms with Crippen LogP contribution in [0.1, 0.15) is 58.5 Å². The van der Waals surface area contributed by atoms with Gasteiger partial charge in [0.15, 0.2) is 5.82 Å². The van der Waals surface area contributed by atoms with Crippen molar-refractivity contribution in [2.75, 3.05) is 6.26 Å². The molecule has 0 saturated heterocycles. The Morgan fingerprint density at radius 2 is 1.74 bits per heavy atom. The van der Waals surface area contributed by atoms with Crippen LogP contribution in [0.2, 0.25) is 0 Å². The normalized spacial score (nSPS) is 12.7. The second-order valence-corrected chi connectivity index (χ2v) is 8.73. The minimum absolute atomic E-state index is 0.0468. The molecule has 1 N–H and O–H groups in total. The molecular formula is C18H26N2O2S. The lowest BCUT2D eigenvalue weighted by molar-refractivity contribution is 0.416. The van der Waals surface area contributed by atoms with Crippen LogP contribution in [0.25, 0.3) is 11.5 Å². The zero-order valence-electron chi connectivity index (χ0n) is 15.0. The second kappa shape index (κ2) is 6.19. The molecule has 4 nitrogen and oxygen atoms in total. The summed E-state index contributed by atoms with van der Waals surface area (Å²) in [5.74, 6) is 1.92. The number of phenolic OH excluding ortho intramolecular Hbond substituents is 1. The largest absolute Gasteiger partial charge is 0.507 e. The molecule has 0 aliphatic rings. The Labute approximate surface area is 142 Å². The fourth-order valence-corrected chi connectivity index (χ4v) is 2.79. The van der Waals surface area contributed by atoms with Gasteiger partial charge >= 0.3 is 0 Å². The molecule has 0 unspecified atom stereocenters. The zero-order chi connectivity index (χ0) is 17.4. The number of rotatable bonds is 3. The van der Waals surface area contributed by atoms with Crippen LogP contribution in [-0.2, 0) is 16.6 Å². The molecule has 1 heterocycles. The first-order valence-corrected chi connectivity index (χ1v) is 9.13. The first kappa shape index (κ1) is 17.9. The molecular weight excluding hydrogens is 308 g/mol. The number of aromatic nitrogens is 2. The van der Waals surface area contributed by atoms with E-state index in [-0.39, 0.29) is 16.6 Å². The highest BCUT2D eigenvalue weighted by atomic mass is 32.2. The molecule has 0 bridgehead atoms. The maximum Gasteiger partial charge on any atom is 0.262 e. The number of hydrogen-bond acceptors (Lipinski definition) is 5. The molecule has 0 fully saturated rings. The first-order valence-electron chi connectivity index (χ1n) is 7.74. The minimum Gasteiger partial charge on any atom is -0.507 e. The Balaban J connectivity index is 2.66. The van der Waals surface area contributed by atoms with Crippen molar-refractivity contribution in [3.63, 3.8) is 0 Å². The van der Waals surface area contributed by atoms with Crippen LogP contribution in [0.5, 0.6) is 5.75 Å². The number of nitrogens with zero attached hydrogens (tertiary/aromatic N) is 2. The number of aromatic hydroxyl groups is 1. The van der Waals surface area contributed by atoms with E-state index in [1.54, 1.807) is 11.8 Å². The Morgan fingerprint density at radius 3 is 2.26 bits per heavy atom. The summed E-state index contributed by atoms with van der Waals surface area (Å²) >= 11 is 1.64. The number of hydrogen-bond donors (Lipinski definition) is 1. The van der Waals surface area contributed by atoms with Gasteiger partial charge in [-0.1, -0.05) is 52.8 Å². The molecule has 2 rings (SSSR count). The number of thioether (sulfide) groups is 1. The van der Waals surface area contributed by atoms with Crippen molar-refractivity contribution in [1.29, 1.82) is 0 Å². The summed E-state index contributed by atoms with van der Waals surface area (Å²) in [5.41, 5.74) is 2.55. The SMILES string of the molecule is CSCc1noc(-c2c(O)cc(C(C)(C)C)cc2C(C)(C)C)n1. The maximum absolute atomic E-state index is 10.7. The number of phenols is 1. The van der Waals surface area contributed by atoms with E-state index in [0.29, 0.717) is 23.0 Å². The third-order valence-electron chi connectivity index (χ3n) is 3.75. The molecule has 0 spiro atoms. The van der Waals surface area contributed by atoms with Gasteiger partial charge in [0.2, 0.25) is 0 Å².